The third-order valence-corrected chi connectivity index (χ3v) is 4.54. The summed E-state index contributed by atoms with van der Waals surface area (Å²) < 4.78 is 24.2. The summed E-state index contributed by atoms with van der Waals surface area (Å²) in [6.07, 6.45) is 4.54. The molecule has 0 aromatic heterocycles. The number of rotatable bonds is 6. The Morgan fingerprint density at radius 2 is 1.95 bits per heavy atom. The lowest BCUT2D eigenvalue weighted by molar-refractivity contribution is -0.117. The predicted molar refractivity (Wildman–Crippen MR) is 79.6 cm³/mol. The van der Waals surface area contributed by atoms with Gasteiger partial charge in [-0.1, -0.05) is 13.3 Å². The summed E-state index contributed by atoms with van der Waals surface area (Å²) in [6.45, 7) is 4.25. The standard InChI is InChI=1S/C13H22N4O3S/c1-3-4-5-15-13(18)12(10-14)11-16-6-8-17(9-7-16)21(2,19)20/h11H,3-9H2,1-2H3,(H,15,18)/b12-11-. The van der Waals surface area contributed by atoms with E-state index in [9.17, 15) is 13.2 Å². The third kappa shape index (κ3) is 5.73. The smallest absolute Gasteiger partial charge is 0.263 e. The van der Waals surface area contributed by atoms with E-state index in [0.29, 0.717) is 32.7 Å². The van der Waals surface area contributed by atoms with Crippen molar-refractivity contribution >= 4 is 15.9 Å². The largest absolute Gasteiger partial charge is 0.373 e. The van der Waals surface area contributed by atoms with Crippen LogP contribution in [0.3, 0.4) is 0 Å². The van der Waals surface area contributed by atoms with Crippen LogP contribution in [0.15, 0.2) is 11.8 Å². The summed E-state index contributed by atoms with van der Waals surface area (Å²) in [7, 11) is -3.17. The number of carbonyl (C=O) groups is 1. The maximum Gasteiger partial charge on any atom is 0.263 e. The summed E-state index contributed by atoms with van der Waals surface area (Å²) in [6, 6.07) is 1.89. The zero-order chi connectivity index (χ0) is 15.9. The lowest BCUT2D eigenvalue weighted by Gasteiger charge is -2.32. The predicted octanol–water partition coefficient (Wildman–Crippen LogP) is -0.113. The van der Waals surface area contributed by atoms with Crippen LogP contribution in [0.5, 0.6) is 0 Å². The summed E-state index contributed by atoms with van der Waals surface area (Å²) in [5.41, 5.74) is 0.0545. The second-order valence-corrected chi connectivity index (χ2v) is 6.94. The van der Waals surface area contributed by atoms with Gasteiger partial charge in [-0.3, -0.25) is 4.79 Å². The van der Waals surface area contributed by atoms with Crippen molar-refractivity contribution in [2.75, 3.05) is 39.0 Å². The zero-order valence-electron chi connectivity index (χ0n) is 12.5. The SMILES string of the molecule is CCCCNC(=O)/C(C#N)=C\N1CCN(S(C)(=O)=O)CC1. The fourth-order valence-corrected chi connectivity index (χ4v) is 2.79. The summed E-state index contributed by atoms with van der Waals surface area (Å²) >= 11 is 0. The van der Waals surface area contributed by atoms with E-state index in [0.717, 1.165) is 12.8 Å². The highest BCUT2D eigenvalue weighted by Gasteiger charge is 2.22. The van der Waals surface area contributed by atoms with E-state index in [1.165, 1.54) is 16.8 Å². The second-order valence-electron chi connectivity index (χ2n) is 4.96. The van der Waals surface area contributed by atoms with Crippen LogP contribution in [0.2, 0.25) is 0 Å². The number of nitriles is 1. The van der Waals surface area contributed by atoms with Gasteiger partial charge < -0.3 is 10.2 Å². The van der Waals surface area contributed by atoms with Gasteiger partial charge in [0.25, 0.3) is 5.91 Å². The maximum absolute atomic E-state index is 11.8. The van der Waals surface area contributed by atoms with E-state index >= 15 is 0 Å². The molecule has 1 saturated heterocycles. The Balaban J connectivity index is 2.57. The van der Waals surface area contributed by atoms with Crippen molar-refractivity contribution in [1.82, 2.24) is 14.5 Å². The van der Waals surface area contributed by atoms with Gasteiger partial charge in [0.15, 0.2) is 0 Å². The number of piperazine rings is 1. The Hall–Kier alpha value is -1.59. The van der Waals surface area contributed by atoms with Crippen LogP contribution in [-0.4, -0.2) is 62.5 Å². The molecule has 0 aromatic rings. The Morgan fingerprint density at radius 1 is 1.33 bits per heavy atom. The molecule has 0 bridgehead atoms. The first-order valence-corrected chi connectivity index (χ1v) is 8.82. The Morgan fingerprint density at radius 3 is 2.43 bits per heavy atom. The highest BCUT2D eigenvalue weighted by molar-refractivity contribution is 7.88. The van der Waals surface area contributed by atoms with Gasteiger partial charge in [0.05, 0.1) is 6.26 Å². The van der Waals surface area contributed by atoms with Crippen LogP contribution in [-0.2, 0) is 14.8 Å². The molecule has 0 spiro atoms. The van der Waals surface area contributed by atoms with Crippen molar-refractivity contribution in [2.45, 2.75) is 19.8 Å². The van der Waals surface area contributed by atoms with Crippen LogP contribution in [0, 0.1) is 11.3 Å². The van der Waals surface area contributed by atoms with Gasteiger partial charge in [-0.25, -0.2) is 8.42 Å². The lowest BCUT2D eigenvalue weighted by atomic mass is 10.2. The normalized spacial score (nSPS) is 17.4. The Bertz CT molecular complexity index is 528. The highest BCUT2D eigenvalue weighted by Crippen LogP contribution is 2.08. The van der Waals surface area contributed by atoms with Crippen molar-refractivity contribution in [1.29, 1.82) is 5.26 Å². The molecule has 1 heterocycles. The van der Waals surface area contributed by atoms with Gasteiger partial charge in [-0.15, -0.1) is 0 Å². The van der Waals surface area contributed by atoms with Crippen molar-refractivity contribution < 1.29 is 13.2 Å². The monoisotopic (exact) mass is 314 g/mol. The van der Waals surface area contributed by atoms with Gasteiger partial charge in [-0.2, -0.15) is 9.57 Å². The Labute approximate surface area is 126 Å². The van der Waals surface area contributed by atoms with Crippen molar-refractivity contribution in [2.24, 2.45) is 0 Å². The minimum Gasteiger partial charge on any atom is -0.373 e. The molecule has 1 aliphatic heterocycles. The molecule has 0 radical (unpaired) electrons. The van der Waals surface area contributed by atoms with Crippen LogP contribution < -0.4 is 5.32 Å². The van der Waals surface area contributed by atoms with Crippen LogP contribution >= 0.6 is 0 Å². The van der Waals surface area contributed by atoms with Crippen molar-refractivity contribution in [3.63, 3.8) is 0 Å². The van der Waals surface area contributed by atoms with Gasteiger partial charge >= 0.3 is 0 Å². The van der Waals surface area contributed by atoms with E-state index in [2.05, 4.69) is 5.32 Å². The fraction of sp³-hybridized carbons (Fsp3) is 0.692. The van der Waals surface area contributed by atoms with Crippen molar-refractivity contribution in [3.8, 4) is 6.07 Å². The van der Waals surface area contributed by atoms with E-state index in [1.54, 1.807) is 4.90 Å². The van der Waals surface area contributed by atoms with Crippen LogP contribution in [0.1, 0.15) is 19.8 Å². The average molecular weight is 314 g/mol. The topological polar surface area (TPSA) is 93.5 Å². The highest BCUT2D eigenvalue weighted by atomic mass is 32.2. The number of hydrogen-bond acceptors (Lipinski definition) is 5. The molecule has 0 unspecified atom stereocenters. The van der Waals surface area contributed by atoms with Gasteiger partial charge in [0.1, 0.15) is 11.6 Å². The van der Waals surface area contributed by atoms with E-state index in [1.807, 2.05) is 13.0 Å². The molecule has 1 fully saturated rings. The molecule has 0 saturated carbocycles. The molecular weight excluding hydrogens is 292 g/mol. The molecule has 1 amide bonds. The van der Waals surface area contributed by atoms with Gasteiger partial charge in [0, 0.05) is 38.9 Å². The molecular formula is C13H22N4O3S. The third-order valence-electron chi connectivity index (χ3n) is 3.23. The number of sulfonamides is 1. The van der Waals surface area contributed by atoms with E-state index in [4.69, 9.17) is 5.26 Å². The Kier molecular flexibility index (Phi) is 6.65. The maximum atomic E-state index is 11.8. The first kappa shape index (κ1) is 17.5. The summed E-state index contributed by atoms with van der Waals surface area (Å²) in [5, 5.41) is 11.7. The number of unbranched alkanes of at least 4 members (excludes halogenated alkanes) is 1. The first-order valence-electron chi connectivity index (χ1n) is 6.97. The molecule has 1 N–H and O–H groups in total. The zero-order valence-corrected chi connectivity index (χ0v) is 13.3. The molecule has 0 aliphatic carbocycles. The van der Waals surface area contributed by atoms with Gasteiger partial charge in [0.2, 0.25) is 10.0 Å². The lowest BCUT2D eigenvalue weighted by Crippen LogP contribution is -2.46. The number of nitrogens with zero attached hydrogens (tertiary/aromatic N) is 3. The van der Waals surface area contributed by atoms with Crippen LogP contribution in [0.4, 0.5) is 0 Å². The van der Waals surface area contributed by atoms with Crippen LogP contribution in [0.25, 0.3) is 0 Å². The molecule has 118 valence electrons. The number of carbonyl (C=O) groups excluding carboxylic acids is 1. The summed E-state index contributed by atoms with van der Waals surface area (Å²) in [5.74, 6) is -0.378. The fourth-order valence-electron chi connectivity index (χ4n) is 1.96. The molecule has 0 atom stereocenters. The molecule has 21 heavy (non-hydrogen) atoms. The molecule has 0 aromatic carbocycles. The quantitative estimate of drug-likeness (QED) is 0.419. The summed E-state index contributed by atoms with van der Waals surface area (Å²) in [4.78, 5) is 13.6. The first-order chi connectivity index (χ1) is 9.88. The molecule has 7 nitrogen and oxygen atoms in total. The van der Waals surface area contributed by atoms with Gasteiger partial charge in [-0.05, 0) is 6.42 Å². The second kappa shape index (κ2) is 8.00. The number of nitrogens with one attached hydrogen (secondary N) is 1. The molecule has 1 aliphatic rings. The number of amides is 1. The average Bonchev–Trinajstić information content (AvgIpc) is 2.44. The van der Waals surface area contributed by atoms with E-state index < -0.39 is 10.0 Å². The minimum atomic E-state index is -3.17. The molecule has 8 heteroatoms. The number of hydrogen-bond donors (Lipinski definition) is 1. The molecule has 1 rings (SSSR count). The van der Waals surface area contributed by atoms with Crippen molar-refractivity contribution in [3.05, 3.63) is 11.8 Å². The van der Waals surface area contributed by atoms with E-state index in [-0.39, 0.29) is 11.5 Å². The minimum absolute atomic E-state index is 0.0545.